The molecule has 2 rings (SSSR count). The predicted octanol–water partition coefficient (Wildman–Crippen LogP) is 1.77. The van der Waals surface area contributed by atoms with E-state index in [2.05, 4.69) is 19.1 Å². The van der Waals surface area contributed by atoms with Gasteiger partial charge in [0.05, 0.1) is 0 Å². The van der Waals surface area contributed by atoms with E-state index >= 15 is 0 Å². The van der Waals surface area contributed by atoms with Crippen molar-refractivity contribution >= 4 is 5.91 Å². The van der Waals surface area contributed by atoms with Gasteiger partial charge in [0, 0.05) is 31.5 Å². The molecule has 1 saturated heterocycles. The Balaban J connectivity index is 1.97. The molecule has 1 unspecified atom stereocenters. The normalized spacial score (nSPS) is 21.9. The van der Waals surface area contributed by atoms with E-state index in [0.29, 0.717) is 18.9 Å². The van der Waals surface area contributed by atoms with Crippen LogP contribution in [0.1, 0.15) is 25.3 Å². The highest BCUT2D eigenvalue weighted by Crippen LogP contribution is 2.23. The molecule has 0 radical (unpaired) electrons. The number of carbonyl (C=O) groups excluding carboxylic acids is 1. The first kappa shape index (κ1) is 12.1. The van der Waals surface area contributed by atoms with Gasteiger partial charge in [0.15, 0.2) is 0 Å². The fourth-order valence-corrected chi connectivity index (χ4v) is 2.38. The minimum absolute atomic E-state index is 0.153. The molecule has 0 bridgehead atoms. The summed E-state index contributed by atoms with van der Waals surface area (Å²) in [5, 5.41) is 0. The van der Waals surface area contributed by atoms with E-state index in [0.717, 1.165) is 13.0 Å². The molecule has 0 saturated carbocycles. The van der Waals surface area contributed by atoms with Gasteiger partial charge in [-0.1, -0.05) is 37.3 Å². The van der Waals surface area contributed by atoms with Crippen LogP contribution in [0.2, 0.25) is 0 Å². The molecule has 1 aromatic carbocycles. The van der Waals surface area contributed by atoms with Crippen molar-refractivity contribution in [3.8, 4) is 0 Å². The molecule has 1 fully saturated rings. The summed E-state index contributed by atoms with van der Waals surface area (Å²) in [6.45, 7) is 3.60. The van der Waals surface area contributed by atoms with E-state index in [1.807, 2.05) is 23.1 Å². The maximum Gasteiger partial charge on any atom is 0.223 e. The van der Waals surface area contributed by atoms with E-state index < -0.39 is 0 Å². The predicted molar refractivity (Wildman–Crippen MR) is 68.2 cm³/mol. The molecular formula is C14H20N2O. The number of nitrogens with two attached hydrogens (primary N) is 1. The zero-order chi connectivity index (χ0) is 12.3. The van der Waals surface area contributed by atoms with Crippen LogP contribution in [0.15, 0.2) is 30.3 Å². The van der Waals surface area contributed by atoms with Crippen LogP contribution in [0.4, 0.5) is 0 Å². The highest BCUT2D eigenvalue weighted by molar-refractivity contribution is 5.78. The van der Waals surface area contributed by atoms with Crippen LogP contribution in [-0.2, 0) is 11.3 Å². The third kappa shape index (κ3) is 2.86. The molecule has 1 aliphatic rings. The quantitative estimate of drug-likeness (QED) is 0.860. The zero-order valence-electron chi connectivity index (χ0n) is 10.3. The van der Waals surface area contributed by atoms with Crippen molar-refractivity contribution in [1.82, 2.24) is 4.90 Å². The average Bonchev–Trinajstić information content (AvgIpc) is 2.71. The van der Waals surface area contributed by atoms with Gasteiger partial charge < -0.3 is 10.6 Å². The van der Waals surface area contributed by atoms with Crippen molar-refractivity contribution in [1.29, 1.82) is 0 Å². The van der Waals surface area contributed by atoms with E-state index in [-0.39, 0.29) is 11.9 Å². The minimum Gasteiger partial charge on any atom is -0.338 e. The molecule has 2 atom stereocenters. The van der Waals surface area contributed by atoms with Gasteiger partial charge in [-0.2, -0.15) is 0 Å². The van der Waals surface area contributed by atoms with Gasteiger partial charge >= 0.3 is 0 Å². The van der Waals surface area contributed by atoms with Crippen LogP contribution in [0.5, 0.6) is 0 Å². The molecule has 3 heteroatoms. The van der Waals surface area contributed by atoms with Crippen molar-refractivity contribution in [2.75, 3.05) is 6.54 Å². The van der Waals surface area contributed by atoms with Crippen LogP contribution in [0.3, 0.4) is 0 Å². The third-order valence-electron chi connectivity index (χ3n) is 3.54. The first-order valence-corrected chi connectivity index (χ1v) is 6.28. The zero-order valence-corrected chi connectivity index (χ0v) is 10.3. The summed E-state index contributed by atoms with van der Waals surface area (Å²) in [6.07, 6.45) is 1.55. The second-order valence-corrected chi connectivity index (χ2v) is 4.80. The fourth-order valence-electron chi connectivity index (χ4n) is 2.38. The number of nitrogens with zero attached hydrogens (tertiary/aromatic N) is 1. The molecule has 1 heterocycles. The Bertz CT molecular complexity index is 377. The Labute approximate surface area is 103 Å². The highest BCUT2D eigenvalue weighted by Gasteiger charge is 2.32. The van der Waals surface area contributed by atoms with E-state index in [1.54, 1.807) is 0 Å². The van der Waals surface area contributed by atoms with Gasteiger partial charge in [-0.15, -0.1) is 0 Å². The van der Waals surface area contributed by atoms with Crippen LogP contribution in [0.25, 0.3) is 0 Å². The summed E-state index contributed by atoms with van der Waals surface area (Å²) < 4.78 is 0. The SMILES string of the molecule is CC[C@@H](N)C1CC(=O)N(Cc2ccccc2)C1. The van der Waals surface area contributed by atoms with Crippen LogP contribution in [0, 0.1) is 5.92 Å². The Kier molecular flexibility index (Phi) is 3.79. The van der Waals surface area contributed by atoms with Gasteiger partial charge in [-0.3, -0.25) is 4.79 Å². The van der Waals surface area contributed by atoms with Crippen LogP contribution in [-0.4, -0.2) is 23.4 Å². The van der Waals surface area contributed by atoms with Crippen LogP contribution < -0.4 is 5.73 Å². The summed E-state index contributed by atoms with van der Waals surface area (Å²) in [6, 6.07) is 10.3. The Morgan fingerprint density at radius 1 is 1.41 bits per heavy atom. The molecule has 0 spiro atoms. The fraction of sp³-hybridized carbons (Fsp3) is 0.500. The summed E-state index contributed by atoms with van der Waals surface area (Å²) in [4.78, 5) is 13.8. The lowest BCUT2D eigenvalue weighted by Gasteiger charge is -2.19. The molecule has 1 amide bonds. The lowest BCUT2D eigenvalue weighted by atomic mass is 9.98. The molecule has 17 heavy (non-hydrogen) atoms. The first-order chi connectivity index (χ1) is 8.20. The molecule has 3 nitrogen and oxygen atoms in total. The summed E-state index contributed by atoms with van der Waals surface area (Å²) in [5.74, 6) is 0.568. The van der Waals surface area contributed by atoms with E-state index in [1.165, 1.54) is 5.56 Å². The maximum atomic E-state index is 11.9. The number of amides is 1. The van der Waals surface area contributed by atoms with Crippen LogP contribution >= 0.6 is 0 Å². The lowest BCUT2D eigenvalue weighted by Crippen LogP contribution is -2.32. The number of likely N-dealkylation sites (tertiary alicyclic amines) is 1. The highest BCUT2D eigenvalue weighted by atomic mass is 16.2. The lowest BCUT2D eigenvalue weighted by molar-refractivity contribution is -0.128. The van der Waals surface area contributed by atoms with Gasteiger partial charge in [0.1, 0.15) is 0 Å². The van der Waals surface area contributed by atoms with E-state index in [4.69, 9.17) is 5.73 Å². The van der Waals surface area contributed by atoms with Gasteiger partial charge in [-0.25, -0.2) is 0 Å². The Morgan fingerprint density at radius 3 is 2.76 bits per heavy atom. The van der Waals surface area contributed by atoms with Crippen molar-refractivity contribution in [2.24, 2.45) is 11.7 Å². The summed E-state index contributed by atoms with van der Waals surface area (Å²) in [5.41, 5.74) is 7.20. The molecule has 92 valence electrons. The Morgan fingerprint density at radius 2 is 2.12 bits per heavy atom. The maximum absolute atomic E-state index is 11.9. The van der Waals surface area contributed by atoms with Crippen molar-refractivity contribution in [3.63, 3.8) is 0 Å². The van der Waals surface area contributed by atoms with Crippen molar-refractivity contribution in [2.45, 2.75) is 32.4 Å². The van der Waals surface area contributed by atoms with Crippen molar-refractivity contribution in [3.05, 3.63) is 35.9 Å². The largest absolute Gasteiger partial charge is 0.338 e. The van der Waals surface area contributed by atoms with E-state index in [9.17, 15) is 4.79 Å². The second kappa shape index (κ2) is 5.32. The number of carbonyl (C=O) groups is 1. The second-order valence-electron chi connectivity index (χ2n) is 4.80. The molecule has 0 aliphatic carbocycles. The Hall–Kier alpha value is -1.35. The van der Waals surface area contributed by atoms with Gasteiger partial charge in [0.25, 0.3) is 0 Å². The number of rotatable bonds is 4. The summed E-state index contributed by atoms with van der Waals surface area (Å²) in [7, 11) is 0. The molecule has 0 aromatic heterocycles. The number of hydrogen-bond acceptors (Lipinski definition) is 2. The van der Waals surface area contributed by atoms with Crippen molar-refractivity contribution < 1.29 is 4.79 Å². The number of benzene rings is 1. The summed E-state index contributed by atoms with van der Waals surface area (Å²) >= 11 is 0. The minimum atomic E-state index is 0.153. The average molecular weight is 232 g/mol. The van der Waals surface area contributed by atoms with Gasteiger partial charge in [-0.05, 0) is 12.0 Å². The van der Waals surface area contributed by atoms with Gasteiger partial charge in [0.2, 0.25) is 5.91 Å². The standard InChI is InChI=1S/C14H20N2O/c1-2-13(15)12-8-14(17)16(10-12)9-11-6-4-3-5-7-11/h3-7,12-13H,2,8-10,15H2,1H3/t12?,13-/m1/s1. The molecular weight excluding hydrogens is 212 g/mol. The monoisotopic (exact) mass is 232 g/mol. The topological polar surface area (TPSA) is 46.3 Å². The third-order valence-corrected chi connectivity index (χ3v) is 3.54. The molecule has 1 aliphatic heterocycles. The first-order valence-electron chi connectivity index (χ1n) is 6.28. The number of hydrogen-bond donors (Lipinski definition) is 1. The smallest absolute Gasteiger partial charge is 0.223 e. The molecule has 1 aromatic rings. The molecule has 2 N–H and O–H groups in total.